The molecule has 1 N–H and O–H groups in total. The predicted molar refractivity (Wildman–Crippen MR) is 97.3 cm³/mol. The molecule has 1 amide bonds. The summed E-state index contributed by atoms with van der Waals surface area (Å²) in [6.45, 7) is 6.62. The van der Waals surface area contributed by atoms with Gasteiger partial charge in [-0.25, -0.2) is 0 Å². The molecule has 1 atom stereocenters. The lowest BCUT2D eigenvalue weighted by Gasteiger charge is -2.18. The van der Waals surface area contributed by atoms with E-state index in [9.17, 15) is 4.79 Å². The zero-order chi connectivity index (χ0) is 18.4. The number of ether oxygens (including phenoxy) is 2. The van der Waals surface area contributed by atoms with Gasteiger partial charge < -0.3 is 19.4 Å². The Balaban J connectivity index is 2.00. The summed E-state index contributed by atoms with van der Waals surface area (Å²) >= 11 is 1.38. The van der Waals surface area contributed by atoms with Crippen molar-refractivity contribution >= 4 is 17.7 Å². The van der Waals surface area contributed by atoms with Gasteiger partial charge in [-0.1, -0.05) is 11.8 Å². The van der Waals surface area contributed by atoms with Gasteiger partial charge in [0.15, 0.2) is 5.16 Å². The van der Waals surface area contributed by atoms with Gasteiger partial charge in [0.05, 0.1) is 26.0 Å². The lowest BCUT2D eigenvalue weighted by Crippen LogP contribution is -2.28. The van der Waals surface area contributed by atoms with E-state index in [2.05, 4.69) is 15.5 Å². The molecule has 1 aromatic carbocycles. The number of aryl methyl sites for hydroxylation is 1. The normalized spacial score (nSPS) is 11.9. The number of thioether (sulfide) groups is 1. The Bertz CT molecular complexity index is 733. The molecule has 0 aliphatic heterocycles. The first kappa shape index (κ1) is 19.1. The first-order valence-corrected chi connectivity index (χ1v) is 9.02. The third-order valence-electron chi connectivity index (χ3n) is 3.83. The topological polar surface area (TPSA) is 78.3 Å². The van der Waals surface area contributed by atoms with E-state index in [1.807, 2.05) is 43.5 Å². The van der Waals surface area contributed by atoms with Crippen LogP contribution >= 0.6 is 11.8 Å². The number of carbonyl (C=O) groups excluding carboxylic acids is 1. The monoisotopic (exact) mass is 364 g/mol. The Morgan fingerprint density at radius 1 is 1.32 bits per heavy atom. The molecule has 1 unspecified atom stereocenters. The Kier molecular flexibility index (Phi) is 6.69. The summed E-state index contributed by atoms with van der Waals surface area (Å²) in [4.78, 5) is 12.3. The van der Waals surface area contributed by atoms with Crippen LogP contribution in [0.3, 0.4) is 0 Å². The predicted octanol–water partition coefficient (Wildman–Crippen LogP) is 2.59. The SMILES string of the molecule is CCn1c(C)nnc1SCC(=O)NC(C)c1cc(OC)ccc1OC. The van der Waals surface area contributed by atoms with E-state index in [0.717, 1.165) is 28.8 Å². The Morgan fingerprint density at radius 2 is 2.08 bits per heavy atom. The number of aromatic nitrogens is 3. The van der Waals surface area contributed by atoms with Gasteiger partial charge in [-0.05, 0) is 39.0 Å². The summed E-state index contributed by atoms with van der Waals surface area (Å²) in [5.41, 5.74) is 0.868. The van der Waals surface area contributed by atoms with Crippen molar-refractivity contribution in [2.24, 2.45) is 0 Å². The molecular formula is C17H24N4O3S. The van der Waals surface area contributed by atoms with E-state index in [0.29, 0.717) is 5.75 Å². The van der Waals surface area contributed by atoms with Gasteiger partial charge in [0.2, 0.25) is 5.91 Å². The number of nitrogens with one attached hydrogen (secondary N) is 1. The zero-order valence-corrected chi connectivity index (χ0v) is 16.0. The van der Waals surface area contributed by atoms with Gasteiger partial charge in [-0.15, -0.1) is 10.2 Å². The first-order valence-electron chi connectivity index (χ1n) is 8.04. The molecule has 0 saturated carbocycles. The summed E-state index contributed by atoms with van der Waals surface area (Å²) in [5, 5.41) is 11.9. The summed E-state index contributed by atoms with van der Waals surface area (Å²) in [5.74, 6) is 2.47. The fourth-order valence-corrected chi connectivity index (χ4v) is 3.36. The molecule has 0 fully saturated rings. The molecule has 2 rings (SSSR count). The lowest BCUT2D eigenvalue weighted by atomic mass is 10.1. The Morgan fingerprint density at radius 3 is 2.72 bits per heavy atom. The molecule has 1 heterocycles. The molecule has 1 aromatic heterocycles. The third-order valence-corrected chi connectivity index (χ3v) is 4.80. The molecular weight excluding hydrogens is 340 g/mol. The van der Waals surface area contributed by atoms with E-state index in [1.165, 1.54) is 11.8 Å². The number of carbonyl (C=O) groups is 1. The second-order valence-electron chi connectivity index (χ2n) is 5.46. The van der Waals surface area contributed by atoms with Gasteiger partial charge in [-0.2, -0.15) is 0 Å². The number of rotatable bonds is 8. The number of hydrogen-bond donors (Lipinski definition) is 1. The van der Waals surface area contributed by atoms with Crippen LogP contribution in [0.2, 0.25) is 0 Å². The van der Waals surface area contributed by atoms with Gasteiger partial charge in [0.1, 0.15) is 17.3 Å². The molecule has 0 aliphatic carbocycles. The maximum Gasteiger partial charge on any atom is 0.230 e. The fourth-order valence-electron chi connectivity index (χ4n) is 2.50. The largest absolute Gasteiger partial charge is 0.497 e. The minimum absolute atomic E-state index is 0.0781. The number of benzene rings is 1. The second kappa shape index (κ2) is 8.75. The Labute approximate surface area is 152 Å². The Hall–Kier alpha value is -2.22. The van der Waals surface area contributed by atoms with Crippen LogP contribution in [0.4, 0.5) is 0 Å². The fraction of sp³-hybridized carbons (Fsp3) is 0.471. The average Bonchev–Trinajstić information content (AvgIpc) is 2.98. The quantitative estimate of drug-likeness (QED) is 0.726. The van der Waals surface area contributed by atoms with E-state index < -0.39 is 0 Å². The van der Waals surface area contributed by atoms with Gasteiger partial charge in [0, 0.05) is 12.1 Å². The average molecular weight is 364 g/mol. The van der Waals surface area contributed by atoms with Crippen molar-refractivity contribution < 1.29 is 14.3 Å². The van der Waals surface area contributed by atoms with Crippen LogP contribution in [0.15, 0.2) is 23.4 Å². The zero-order valence-electron chi connectivity index (χ0n) is 15.2. The highest BCUT2D eigenvalue weighted by atomic mass is 32.2. The molecule has 0 aliphatic rings. The van der Waals surface area contributed by atoms with Crippen molar-refractivity contribution in [2.75, 3.05) is 20.0 Å². The van der Waals surface area contributed by atoms with Crippen LogP contribution in [0.5, 0.6) is 11.5 Å². The highest BCUT2D eigenvalue weighted by molar-refractivity contribution is 7.99. The van der Waals surface area contributed by atoms with Crippen molar-refractivity contribution in [3.05, 3.63) is 29.6 Å². The smallest absolute Gasteiger partial charge is 0.230 e. The molecule has 25 heavy (non-hydrogen) atoms. The maximum atomic E-state index is 12.3. The molecule has 0 bridgehead atoms. The number of methoxy groups -OCH3 is 2. The van der Waals surface area contributed by atoms with Crippen LogP contribution in [-0.2, 0) is 11.3 Å². The van der Waals surface area contributed by atoms with Crippen molar-refractivity contribution in [1.82, 2.24) is 20.1 Å². The van der Waals surface area contributed by atoms with Gasteiger partial charge in [-0.3, -0.25) is 4.79 Å². The summed E-state index contributed by atoms with van der Waals surface area (Å²) in [6, 6.07) is 5.32. The van der Waals surface area contributed by atoms with Crippen LogP contribution in [0, 0.1) is 6.92 Å². The van der Waals surface area contributed by atoms with Gasteiger partial charge >= 0.3 is 0 Å². The van der Waals surface area contributed by atoms with Crippen molar-refractivity contribution in [3.8, 4) is 11.5 Å². The maximum absolute atomic E-state index is 12.3. The second-order valence-corrected chi connectivity index (χ2v) is 6.40. The molecule has 136 valence electrons. The third kappa shape index (κ3) is 4.66. The van der Waals surface area contributed by atoms with Crippen molar-refractivity contribution in [2.45, 2.75) is 38.5 Å². The van der Waals surface area contributed by atoms with E-state index in [4.69, 9.17) is 9.47 Å². The molecule has 2 aromatic rings. The van der Waals surface area contributed by atoms with Crippen molar-refractivity contribution in [1.29, 1.82) is 0 Å². The van der Waals surface area contributed by atoms with Crippen LogP contribution in [-0.4, -0.2) is 40.6 Å². The highest BCUT2D eigenvalue weighted by Gasteiger charge is 2.16. The lowest BCUT2D eigenvalue weighted by molar-refractivity contribution is -0.119. The van der Waals surface area contributed by atoms with E-state index in [1.54, 1.807) is 14.2 Å². The van der Waals surface area contributed by atoms with Crippen LogP contribution in [0.25, 0.3) is 0 Å². The van der Waals surface area contributed by atoms with Crippen LogP contribution < -0.4 is 14.8 Å². The summed E-state index contributed by atoms with van der Waals surface area (Å²) in [7, 11) is 3.22. The molecule has 0 saturated heterocycles. The minimum Gasteiger partial charge on any atom is -0.497 e. The standard InChI is InChI=1S/C17H24N4O3S/c1-6-21-12(3)19-20-17(21)25-10-16(22)18-11(2)14-9-13(23-4)7-8-15(14)24-5/h7-9,11H,6,10H2,1-5H3,(H,18,22). The molecule has 7 nitrogen and oxygen atoms in total. The van der Waals surface area contributed by atoms with Crippen LogP contribution in [0.1, 0.15) is 31.3 Å². The van der Waals surface area contributed by atoms with E-state index in [-0.39, 0.29) is 17.7 Å². The minimum atomic E-state index is -0.205. The van der Waals surface area contributed by atoms with E-state index >= 15 is 0 Å². The van der Waals surface area contributed by atoms with Gasteiger partial charge in [0.25, 0.3) is 0 Å². The molecule has 0 radical (unpaired) electrons. The number of nitrogens with zero attached hydrogens (tertiary/aromatic N) is 3. The molecule has 0 spiro atoms. The first-order chi connectivity index (χ1) is 12.0. The number of hydrogen-bond acceptors (Lipinski definition) is 6. The highest BCUT2D eigenvalue weighted by Crippen LogP contribution is 2.29. The number of amides is 1. The van der Waals surface area contributed by atoms with Crippen molar-refractivity contribution in [3.63, 3.8) is 0 Å². The summed E-state index contributed by atoms with van der Waals surface area (Å²) in [6.07, 6.45) is 0. The molecule has 8 heteroatoms. The summed E-state index contributed by atoms with van der Waals surface area (Å²) < 4.78 is 12.6.